The molecule has 0 radical (unpaired) electrons. The fraction of sp³-hybridized carbons (Fsp3) is 0.350. The average molecular weight is 365 g/mol. The Morgan fingerprint density at radius 1 is 1.30 bits per heavy atom. The molecule has 0 unspecified atom stereocenters. The Bertz CT molecular complexity index is 919. The molecule has 3 aromatic rings. The Kier molecular flexibility index (Phi) is 5.13. The van der Waals surface area contributed by atoms with Crippen LogP contribution in [-0.4, -0.2) is 58.0 Å². The van der Waals surface area contributed by atoms with Gasteiger partial charge in [0.15, 0.2) is 0 Å². The second-order valence-electron chi connectivity index (χ2n) is 6.71. The molecular formula is C20H23N5O2. The van der Waals surface area contributed by atoms with E-state index in [1.165, 1.54) is 0 Å². The quantitative estimate of drug-likeness (QED) is 0.747. The second-order valence-corrected chi connectivity index (χ2v) is 6.71. The summed E-state index contributed by atoms with van der Waals surface area (Å²) >= 11 is 0. The van der Waals surface area contributed by atoms with Gasteiger partial charge < -0.3 is 14.5 Å². The standard InChI is InChI=1S/C20H23N5O2/c1-15-4-3-7-25-14-17(23-19(15)25)20(26)22-13-18(16-5-2-6-21-12-16)24-8-10-27-11-9-24/h2-7,12,14,18H,8-11,13H2,1H3,(H,22,26)/t18-/m1/s1. The highest BCUT2D eigenvalue weighted by Gasteiger charge is 2.24. The summed E-state index contributed by atoms with van der Waals surface area (Å²) in [6, 6.07) is 7.97. The van der Waals surface area contributed by atoms with Crippen molar-refractivity contribution in [1.29, 1.82) is 0 Å². The lowest BCUT2D eigenvalue weighted by atomic mass is 10.1. The van der Waals surface area contributed by atoms with Crippen molar-refractivity contribution < 1.29 is 9.53 Å². The number of fused-ring (bicyclic) bond motifs is 1. The summed E-state index contributed by atoms with van der Waals surface area (Å²) in [5.74, 6) is -0.166. The van der Waals surface area contributed by atoms with E-state index in [4.69, 9.17) is 4.74 Å². The van der Waals surface area contributed by atoms with Crippen molar-refractivity contribution in [3.63, 3.8) is 0 Å². The van der Waals surface area contributed by atoms with E-state index < -0.39 is 0 Å². The monoisotopic (exact) mass is 365 g/mol. The largest absolute Gasteiger partial charge is 0.379 e. The molecule has 0 aromatic carbocycles. The lowest BCUT2D eigenvalue weighted by Gasteiger charge is -2.34. The van der Waals surface area contributed by atoms with Crippen molar-refractivity contribution in [3.05, 3.63) is 65.9 Å². The Labute approximate surface area is 158 Å². The molecule has 0 bridgehead atoms. The number of aromatic nitrogens is 3. The molecule has 1 aliphatic rings. The average Bonchev–Trinajstić information content (AvgIpc) is 3.16. The molecule has 3 aromatic heterocycles. The van der Waals surface area contributed by atoms with Gasteiger partial charge in [-0.1, -0.05) is 12.1 Å². The molecule has 1 aliphatic heterocycles. The number of amides is 1. The smallest absolute Gasteiger partial charge is 0.271 e. The van der Waals surface area contributed by atoms with Gasteiger partial charge in [0.05, 0.1) is 19.3 Å². The Balaban J connectivity index is 1.50. The van der Waals surface area contributed by atoms with Crippen LogP contribution < -0.4 is 5.32 Å². The molecule has 1 fully saturated rings. The SMILES string of the molecule is Cc1cccn2cc(C(=O)NC[C@H](c3cccnc3)N3CCOCC3)nc12. The summed E-state index contributed by atoms with van der Waals surface area (Å²) in [6.45, 7) is 5.57. The predicted octanol–water partition coefficient (Wildman–Crippen LogP) is 1.84. The van der Waals surface area contributed by atoms with Crippen LogP contribution in [0.4, 0.5) is 0 Å². The molecule has 0 spiro atoms. The van der Waals surface area contributed by atoms with Gasteiger partial charge in [0.2, 0.25) is 0 Å². The van der Waals surface area contributed by atoms with Crippen LogP contribution in [0.5, 0.6) is 0 Å². The maximum atomic E-state index is 12.7. The number of hydrogen-bond acceptors (Lipinski definition) is 5. The number of rotatable bonds is 5. The summed E-state index contributed by atoms with van der Waals surface area (Å²) in [4.78, 5) is 23.7. The van der Waals surface area contributed by atoms with E-state index in [2.05, 4.69) is 20.2 Å². The van der Waals surface area contributed by atoms with E-state index in [-0.39, 0.29) is 11.9 Å². The summed E-state index contributed by atoms with van der Waals surface area (Å²) in [7, 11) is 0. The summed E-state index contributed by atoms with van der Waals surface area (Å²) < 4.78 is 7.35. The minimum absolute atomic E-state index is 0.0605. The number of morpholine rings is 1. The van der Waals surface area contributed by atoms with Crippen LogP contribution in [0.2, 0.25) is 0 Å². The first-order valence-corrected chi connectivity index (χ1v) is 9.16. The third kappa shape index (κ3) is 3.84. The highest BCUT2D eigenvalue weighted by molar-refractivity contribution is 5.93. The number of carbonyl (C=O) groups is 1. The molecule has 7 nitrogen and oxygen atoms in total. The minimum Gasteiger partial charge on any atom is -0.379 e. The molecule has 0 aliphatic carbocycles. The Hall–Kier alpha value is -2.77. The first-order chi connectivity index (χ1) is 13.2. The molecule has 1 atom stereocenters. The van der Waals surface area contributed by atoms with Crippen LogP contribution in [0.25, 0.3) is 5.65 Å². The lowest BCUT2D eigenvalue weighted by molar-refractivity contribution is 0.0161. The normalized spacial score (nSPS) is 16.3. The second kappa shape index (κ2) is 7.85. The van der Waals surface area contributed by atoms with Crippen LogP contribution in [0, 0.1) is 6.92 Å². The maximum absolute atomic E-state index is 12.7. The molecule has 140 valence electrons. The third-order valence-electron chi connectivity index (χ3n) is 4.92. The number of aryl methyl sites for hydroxylation is 1. The zero-order chi connectivity index (χ0) is 18.6. The van der Waals surface area contributed by atoms with Crippen molar-refractivity contribution in [2.75, 3.05) is 32.8 Å². The number of nitrogens with one attached hydrogen (secondary N) is 1. The highest BCUT2D eigenvalue weighted by atomic mass is 16.5. The van der Waals surface area contributed by atoms with Gasteiger partial charge in [-0.15, -0.1) is 0 Å². The van der Waals surface area contributed by atoms with Crippen LogP contribution in [0.3, 0.4) is 0 Å². The van der Waals surface area contributed by atoms with Gasteiger partial charge in [-0.2, -0.15) is 0 Å². The number of carbonyl (C=O) groups excluding carboxylic acids is 1. The van der Waals surface area contributed by atoms with Gasteiger partial charge in [-0.25, -0.2) is 4.98 Å². The zero-order valence-electron chi connectivity index (χ0n) is 15.3. The number of nitrogens with zero attached hydrogens (tertiary/aromatic N) is 4. The van der Waals surface area contributed by atoms with Crippen LogP contribution in [-0.2, 0) is 4.74 Å². The number of hydrogen-bond donors (Lipinski definition) is 1. The van der Waals surface area contributed by atoms with Crippen molar-refractivity contribution in [2.45, 2.75) is 13.0 Å². The van der Waals surface area contributed by atoms with E-state index >= 15 is 0 Å². The highest BCUT2D eigenvalue weighted by Crippen LogP contribution is 2.20. The minimum atomic E-state index is -0.166. The molecule has 4 heterocycles. The fourth-order valence-corrected chi connectivity index (χ4v) is 3.46. The van der Waals surface area contributed by atoms with E-state index in [0.717, 1.165) is 29.9 Å². The zero-order valence-corrected chi connectivity index (χ0v) is 15.3. The Morgan fingerprint density at radius 3 is 2.89 bits per heavy atom. The maximum Gasteiger partial charge on any atom is 0.271 e. The Morgan fingerprint density at radius 2 is 2.15 bits per heavy atom. The summed E-state index contributed by atoms with van der Waals surface area (Å²) in [6.07, 6.45) is 7.29. The third-order valence-corrected chi connectivity index (χ3v) is 4.92. The van der Waals surface area contributed by atoms with E-state index in [1.54, 1.807) is 12.4 Å². The molecule has 27 heavy (non-hydrogen) atoms. The first-order valence-electron chi connectivity index (χ1n) is 9.16. The van der Waals surface area contributed by atoms with Gasteiger partial charge in [0.25, 0.3) is 5.91 Å². The van der Waals surface area contributed by atoms with Gasteiger partial charge in [-0.3, -0.25) is 14.7 Å². The molecule has 1 saturated heterocycles. The molecule has 0 saturated carbocycles. The lowest BCUT2D eigenvalue weighted by Crippen LogP contribution is -2.43. The molecular weight excluding hydrogens is 342 g/mol. The fourth-order valence-electron chi connectivity index (χ4n) is 3.46. The molecule has 7 heteroatoms. The van der Waals surface area contributed by atoms with E-state index in [9.17, 15) is 4.79 Å². The van der Waals surface area contributed by atoms with Gasteiger partial charge in [-0.05, 0) is 30.2 Å². The topological polar surface area (TPSA) is 71.8 Å². The first kappa shape index (κ1) is 17.6. The van der Waals surface area contributed by atoms with Crippen LogP contribution >= 0.6 is 0 Å². The number of imidazole rings is 1. The van der Waals surface area contributed by atoms with Crippen molar-refractivity contribution >= 4 is 11.6 Å². The summed E-state index contributed by atoms with van der Waals surface area (Å²) in [5, 5.41) is 3.05. The van der Waals surface area contributed by atoms with Crippen LogP contribution in [0.1, 0.15) is 27.7 Å². The van der Waals surface area contributed by atoms with Gasteiger partial charge in [0, 0.05) is 44.4 Å². The predicted molar refractivity (Wildman–Crippen MR) is 102 cm³/mol. The van der Waals surface area contributed by atoms with Crippen molar-refractivity contribution in [1.82, 2.24) is 24.6 Å². The van der Waals surface area contributed by atoms with E-state index in [0.29, 0.717) is 25.5 Å². The summed E-state index contributed by atoms with van der Waals surface area (Å²) in [5.41, 5.74) is 3.36. The number of ether oxygens (including phenoxy) is 1. The van der Waals surface area contributed by atoms with Crippen molar-refractivity contribution in [3.8, 4) is 0 Å². The van der Waals surface area contributed by atoms with Gasteiger partial charge in [0.1, 0.15) is 11.3 Å². The molecule has 1 N–H and O–H groups in total. The number of pyridine rings is 2. The van der Waals surface area contributed by atoms with E-state index in [1.807, 2.05) is 48.0 Å². The van der Waals surface area contributed by atoms with Gasteiger partial charge >= 0.3 is 0 Å². The molecule has 1 amide bonds. The van der Waals surface area contributed by atoms with Crippen LogP contribution in [0.15, 0.2) is 49.1 Å². The molecule has 4 rings (SSSR count). The van der Waals surface area contributed by atoms with Crippen molar-refractivity contribution in [2.24, 2.45) is 0 Å².